The molecule has 5 nitrogen and oxygen atoms in total. The molecule has 5 heteroatoms. The Hall–Kier alpha value is -3.60. The SMILES string of the molecule is Cc1cc(NC(=O)COc2ccc(C(C)(C)C)cc2)ccc1NC(=O)c1ccccc1. The lowest BCUT2D eigenvalue weighted by molar-refractivity contribution is -0.118. The lowest BCUT2D eigenvalue weighted by atomic mass is 9.87. The number of nitrogens with one attached hydrogen (secondary N) is 2. The normalized spacial score (nSPS) is 11.0. The van der Waals surface area contributed by atoms with E-state index in [9.17, 15) is 9.59 Å². The standard InChI is InChI=1S/C26H28N2O3/c1-18-16-21(12-15-23(18)28-25(30)19-8-6-5-7-9-19)27-24(29)17-31-22-13-10-20(11-14-22)26(2,3)4/h5-16H,17H2,1-4H3,(H,27,29)(H,28,30). The van der Waals surface area contributed by atoms with Crippen molar-refractivity contribution in [3.63, 3.8) is 0 Å². The van der Waals surface area contributed by atoms with Gasteiger partial charge in [-0.25, -0.2) is 0 Å². The van der Waals surface area contributed by atoms with Crippen LogP contribution in [0.4, 0.5) is 11.4 Å². The van der Waals surface area contributed by atoms with Gasteiger partial charge in [0, 0.05) is 16.9 Å². The van der Waals surface area contributed by atoms with E-state index in [2.05, 4.69) is 31.4 Å². The number of amides is 2. The Morgan fingerprint density at radius 1 is 0.871 bits per heavy atom. The van der Waals surface area contributed by atoms with E-state index in [0.717, 1.165) is 5.56 Å². The van der Waals surface area contributed by atoms with Crippen LogP contribution >= 0.6 is 0 Å². The molecule has 0 radical (unpaired) electrons. The van der Waals surface area contributed by atoms with Gasteiger partial charge in [0.1, 0.15) is 5.75 Å². The zero-order valence-corrected chi connectivity index (χ0v) is 18.4. The molecular weight excluding hydrogens is 388 g/mol. The second-order valence-corrected chi connectivity index (χ2v) is 8.46. The first-order chi connectivity index (χ1) is 14.7. The third kappa shape index (κ3) is 6.19. The fourth-order valence-electron chi connectivity index (χ4n) is 3.06. The molecule has 3 rings (SSSR count). The maximum atomic E-state index is 12.3. The number of ether oxygens (including phenoxy) is 1. The second kappa shape index (κ2) is 9.47. The van der Waals surface area contributed by atoms with E-state index in [1.165, 1.54) is 5.56 Å². The van der Waals surface area contributed by atoms with Gasteiger partial charge in [-0.15, -0.1) is 0 Å². The van der Waals surface area contributed by atoms with E-state index in [1.54, 1.807) is 24.3 Å². The van der Waals surface area contributed by atoms with Crippen molar-refractivity contribution in [1.82, 2.24) is 0 Å². The molecule has 0 aliphatic carbocycles. The summed E-state index contributed by atoms with van der Waals surface area (Å²) in [7, 11) is 0. The minimum atomic E-state index is -0.250. The first-order valence-electron chi connectivity index (χ1n) is 10.2. The Balaban J connectivity index is 1.54. The van der Waals surface area contributed by atoms with Gasteiger partial charge in [-0.2, -0.15) is 0 Å². The van der Waals surface area contributed by atoms with Crippen molar-refractivity contribution in [2.75, 3.05) is 17.2 Å². The predicted octanol–water partition coefficient (Wildman–Crippen LogP) is 5.56. The van der Waals surface area contributed by atoms with E-state index < -0.39 is 0 Å². The molecule has 0 bridgehead atoms. The van der Waals surface area contributed by atoms with Crippen molar-refractivity contribution >= 4 is 23.2 Å². The van der Waals surface area contributed by atoms with Crippen LogP contribution < -0.4 is 15.4 Å². The zero-order valence-electron chi connectivity index (χ0n) is 18.4. The van der Waals surface area contributed by atoms with Crippen molar-refractivity contribution in [3.05, 3.63) is 89.5 Å². The molecule has 0 atom stereocenters. The molecule has 3 aromatic carbocycles. The lowest BCUT2D eigenvalue weighted by Gasteiger charge is -2.19. The molecule has 160 valence electrons. The van der Waals surface area contributed by atoms with Crippen molar-refractivity contribution < 1.29 is 14.3 Å². The Bertz CT molecular complexity index is 1050. The van der Waals surface area contributed by atoms with Crippen molar-refractivity contribution in [2.45, 2.75) is 33.1 Å². The molecule has 3 aromatic rings. The maximum absolute atomic E-state index is 12.3. The number of hydrogen-bond acceptors (Lipinski definition) is 3. The molecule has 0 saturated heterocycles. The molecular formula is C26H28N2O3. The fourth-order valence-corrected chi connectivity index (χ4v) is 3.06. The average Bonchev–Trinajstić information content (AvgIpc) is 2.74. The molecule has 0 aliphatic heterocycles. The van der Waals surface area contributed by atoms with Crippen LogP contribution in [0, 0.1) is 6.92 Å². The summed E-state index contributed by atoms with van der Waals surface area (Å²) < 4.78 is 5.59. The van der Waals surface area contributed by atoms with Gasteiger partial charge in [-0.3, -0.25) is 9.59 Å². The third-order valence-corrected chi connectivity index (χ3v) is 4.88. The lowest BCUT2D eigenvalue weighted by Crippen LogP contribution is -2.20. The number of aryl methyl sites for hydroxylation is 1. The van der Waals surface area contributed by atoms with Gasteiger partial charge >= 0.3 is 0 Å². The van der Waals surface area contributed by atoms with Crippen LogP contribution in [0.5, 0.6) is 5.75 Å². The number of carbonyl (C=O) groups is 2. The molecule has 0 saturated carbocycles. The van der Waals surface area contributed by atoms with E-state index in [0.29, 0.717) is 22.7 Å². The smallest absolute Gasteiger partial charge is 0.262 e. The Labute approximate surface area is 183 Å². The summed E-state index contributed by atoms with van der Waals surface area (Å²) in [6, 6.07) is 22.2. The number of carbonyl (C=O) groups excluding carboxylic acids is 2. The Morgan fingerprint density at radius 3 is 2.16 bits per heavy atom. The first-order valence-corrected chi connectivity index (χ1v) is 10.2. The Kier molecular flexibility index (Phi) is 6.75. The predicted molar refractivity (Wildman–Crippen MR) is 125 cm³/mol. The van der Waals surface area contributed by atoms with Crippen LogP contribution in [0.1, 0.15) is 42.3 Å². The summed E-state index contributed by atoms with van der Waals surface area (Å²) in [6.45, 7) is 8.24. The van der Waals surface area contributed by atoms with Crippen LogP contribution in [-0.4, -0.2) is 18.4 Å². The molecule has 0 unspecified atom stereocenters. The van der Waals surface area contributed by atoms with E-state index in [-0.39, 0.29) is 23.8 Å². The van der Waals surface area contributed by atoms with Gasteiger partial charge in [-0.05, 0) is 65.9 Å². The number of hydrogen-bond donors (Lipinski definition) is 2. The van der Waals surface area contributed by atoms with Crippen LogP contribution in [0.25, 0.3) is 0 Å². The molecule has 0 aromatic heterocycles. The largest absolute Gasteiger partial charge is 0.484 e. The Morgan fingerprint density at radius 2 is 1.55 bits per heavy atom. The number of rotatable bonds is 6. The fraction of sp³-hybridized carbons (Fsp3) is 0.231. The van der Waals surface area contributed by atoms with E-state index in [1.807, 2.05) is 55.5 Å². The molecule has 0 heterocycles. The first kappa shape index (κ1) is 22.1. The van der Waals surface area contributed by atoms with Gasteiger partial charge in [0.15, 0.2) is 6.61 Å². The molecule has 31 heavy (non-hydrogen) atoms. The van der Waals surface area contributed by atoms with Gasteiger partial charge in [0.25, 0.3) is 11.8 Å². The summed E-state index contributed by atoms with van der Waals surface area (Å²) in [5.74, 6) is 0.227. The highest BCUT2D eigenvalue weighted by molar-refractivity contribution is 6.04. The van der Waals surface area contributed by atoms with Gasteiger partial charge in [0.05, 0.1) is 0 Å². The quantitative estimate of drug-likeness (QED) is 0.553. The van der Waals surface area contributed by atoms with Crippen LogP contribution in [0.3, 0.4) is 0 Å². The summed E-state index contributed by atoms with van der Waals surface area (Å²) in [6.07, 6.45) is 0. The van der Waals surface area contributed by atoms with E-state index >= 15 is 0 Å². The highest BCUT2D eigenvalue weighted by Crippen LogP contribution is 2.24. The maximum Gasteiger partial charge on any atom is 0.262 e. The number of benzene rings is 3. The highest BCUT2D eigenvalue weighted by atomic mass is 16.5. The van der Waals surface area contributed by atoms with E-state index in [4.69, 9.17) is 4.74 Å². The topological polar surface area (TPSA) is 67.4 Å². The zero-order chi connectivity index (χ0) is 22.4. The molecule has 2 N–H and O–H groups in total. The van der Waals surface area contributed by atoms with Crippen molar-refractivity contribution in [2.24, 2.45) is 0 Å². The summed E-state index contributed by atoms with van der Waals surface area (Å²) in [4.78, 5) is 24.6. The molecule has 0 fully saturated rings. The monoisotopic (exact) mass is 416 g/mol. The summed E-state index contributed by atoms with van der Waals surface area (Å²) >= 11 is 0. The number of anilines is 2. The van der Waals surface area contributed by atoms with Crippen LogP contribution in [0.2, 0.25) is 0 Å². The molecule has 2 amide bonds. The van der Waals surface area contributed by atoms with Crippen LogP contribution in [0.15, 0.2) is 72.8 Å². The summed E-state index contributed by atoms with van der Waals surface area (Å²) in [5, 5.41) is 5.72. The van der Waals surface area contributed by atoms with Crippen molar-refractivity contribution in [3.8, 4) is 5.75 Å². The summed E-state index contributed by atoms with van der Waals surface area (Å²) in [5.41, 5.74) is 4.06. The van der Waals surface area contributed by atoms with Gasteiger partial charge < -0.3 is 15.4 Å². The highest BCUT2D eigenvalue weighted by Gasteiger charge is 2.13. The third-order valence-electron chi connectivity index (χ3n) is 4.88. The van der Waals surface area contributed by atoms with Gasteiger partial charge in [-0.1, -0.05) is 51.1 Å². The van der Waals surface area contributed by atoms with Crippen LogP contribution in [-0.2, 0) is 10.2 Å². The van der Waals surface area contributed by atoms with Crippen molar-refractivity contribution in [1.29, 1.82) is 0 Å². The molecule has 0 spiro atoms. The molecule has 0 aliphatic rings. The van der Waals surface area contributed by atoms with Gasteiger partial charge in [0.2, 0.25) is 0 Å². The minimum absolute atomic E-state index is 0.0699. The minimum Gasteiger partial charge on any atom is -0.484 e. The second-order valence-electron chi connectivity index (χ2n) is 8.46. The average molecular weight is 417 g/mol.